The second-order valence-corrected chi connectivity index (χ2v) is 7.84. The van der Waals surface area contributed by atoms with Gasteiger partial charge in [-0.05, 0) is 25.3 Å². The van der Waals surface area contributed by atoms with Crippen LogP contribution < -0.4 is 10.2 Å². The maximum Gasteiger partial charge on any atom is 0.291 e. The molecule has 4 heterocycles. The molecule has 5 rings (SSSR count). The van der Waals surface area contributed by atoms with Crippen LogP contribution in [0.3, 0.4) is 0 Å². The molecule has 3 aromatic rings. The van der Waals surface area contributed by atoms with Gasteiger partial charge in [0.2, 0.25) is 5.82 Å². The minimum absolute atomic E-state index is 0.0844. The average molecular weight is 405 g/mol. The van der Waals surface area contributed by atoms with E-state index in [-0.39, 0.29) is 17.8 Å². The van der Waals surface area contributed by atoms with Crippen LogP contribution in [0.4, 0.5) is 5.82 Å². The van der Waals surface area contributed by atoms with Crippen LogP contribution in [0.2, 0.25) is 0 Å². The Kier molecular flexibility index (Phi) is 4.38. The summed E-state index contributed by atoms with van der Waals surface area (Å²) in [7, 11) is 1.70. The number of aromatic nitrogens is 5. The van der Waals surface area contributed by atoms with E-state index in [1.54, 1.807) is 16.6 Å². The summed E-state index contributed by atoms with van der Waals surface area (Å²) in [5, 5.41) is 11.7. The summed E-state index contributed by atoms with van der Waals surface area (Å²) in [6, 6.07) is 11.4. The molecule has 1 N–H and O–H groups in total. The van der Waals surface area contributed by atoms with E-state index in [9.17, 15) is 9.59 Å². The fraction of sp³-hybridized carbons (Fsp3) is 0.381. The molecule has 2 aromatic heterocycles. The molecule has 2 aliphatic rings. The molecule has 2 aliphatic heterocycles. The van der Waals surface area contributed by atoms with Crippen molar-refractivity contribution in [1.82, 2.24) is 29.9 Å². The second kappa shape index (κ2) is 7.08. The number of aryl methyl sites for hydroxylation is 3. The molecule has 9 heteroatoms. The first-order valence-electron chi connectivity index (χ1n) is 10.1. The zero-order valence-electron chi connectivity index (χ0n) is 16.9. The molecule has 0 saturated heterocycles. The number of benzene rings is 1. The molecule has 0 fully saturated rings. The first-order valence-corrected chi connectivity index (χ1v) is 10.1. The highest BCUT2D eigenvalue weighted by atomic mass is 16.2. The molecule has 2 atom stereocenters. The summed E-state index contributed by atoms with van der Waals surface area (Å²) in [5.74, 6) is 1.05. The highest BCUT2D eigenvalue weighted by Gasteiger charge is 2.33. The topological polar surface area (TPSA) is 97.9 Å². The number of anilines is 1. The third kappa shape index (κ3) is 3.06. The molecule has 9 nitrogen and oxygen atoms in total. The molecule has 0 bridgehead atoms. The van der Waals surface area contributed by atoms with Crippen molar-refractivity contribution < 1.29 is 9.59 Å². The lowest BCUT2D eigenvalue weighted by Gasteiger charge is -2.20. The number of carbonyl (C=O) groups is 2. The monoisotopic (exact) mass is 405 g/mol. The number of likely N-dealkylation sites (N-methyl/N-ethyl adjacent to an activating group) is 1. The number of fused-ring (bicyclic) bond motifs is 2. The van der Waals surface area contributed by atoms with Crippen LogP contribution in [0.5, 0.6) is 0 Å². The van der Waals surface area contributed by atoms with Gasteiger partial charge in [0.25, 0.3) is 11.8 Å². The van der Waals surface area contributed by atoms with Crippen molar-refractivity contribution >= 4 is 17.6 Å². The van der Waals surface area contributed by atoms with Gasteiger partial charge >= 0.3 is 0 Å². The standard InChI is InChI=1S/C21H23N7O2/c1-13-12-18-26(2)21(30)15(10-11-27(18)24-13)22-20(29)19-23-17-9-8-16(28(17)25-19)14-6-4-3-5-7-14/h3-7,12,15-16H,8-11H2,1-2H3,(H,22,29). The Bertz CT molecular complexity index is 1120. The van der Waals surface area contributed by atoms with Crippen molar-refractivity contribution in [1.29, 1.82) is 0 Å². The number of nitrogens with zero attached hydrogens (tertiary/aromatic N) is 6. The lowest BCUT2D eigenvalue weighted by atomic mass is 10.1. The molecule has 30 heavy (non-hydrogen) atoms. The fourth-order valence-corrected chi connectivity index (χ4v) is 4.29. The van der Waals surface area contributed by atoms with E-state index < -0.39 is 11.9 Å². The first kappa shape index (κ1) is 18.5. The van der Waals surface area contributed by atoms with E-state index in [1.807, 2.05) is 35.9 Å². The Labute approximate surface area is 173 Å². The van der Waals surface area contributed by atoms with Crippen LogP contribution in [0.25, 0.3) is 0 Å². The molecule has 0 aliphatic carbocycles. The van der Waals surface area contributed by atoms with Crippen LogP contribution >= 0.6 is 0 Å². The van der Waals surface area contributed by atoms with E-state index in [2.05, 4.69) is 32.6 Å². The summed E-state index contributed by atoms with van der Waals surface area (Å²) >= 11 is 0. The van der Waals surface area contributed by atoms with Gasteiger partial charge < -0.3 is 5.32 Å². The largest absolute Gasteiger partial charge is 0.337 e. The molecular weight excluding hydrogens is 382 g/mol. The van der Waals surface area contributed by atoms with Crippen molar-refractivity contribution in [3.63, 3.8) is 0 Å². The van der Waals surface area contributed by atoms with Crippen LogP contribution in [-0.2, 0) is 17.8 Å². The fourth-order valence-electron chi connectivity index (χ4n) is 4.29. The number of rotatable bonds is 3. The first-order chi connectivity index (χ1) is 14.5. The third-order valence-electron chi connectivity index (χ3n) is 5.81. The number of hydrogen-bond donors (Lipinski definition) is 1. The average Bonchev–Trinajstić information content (AvgIpc) is 3.42. The lowest BCUT2D eigenvalue weighted by molar-refractivity contribution is -0.120. The van der Waals surface area contributed by atoms with Gasteiger partial charge in [0.05, 0.1) is 11.7 Å². The van der Waals surface area contributed by atoms with Gasteiger partial charge in [0, 0.05) is 26.1 Å². The third-order valence-corrected chi connectivity index (χ3v) is 5.81. The van der Waals surface area contributed by atoms with E-state index >= 15 is 0 Å². The van der Waals surface area contributed by atoms with E-state index in [0.717, 1.165) is 35.7 Å². The van der Waals surface area contributed by atoms with E-state index in [4.69, 9.17) is 0 Å². The van der Waals surface area contributed by atoms with E-state index in [1.165, 1.54) is 0 Å². The SMILES string of the molecule is Cc1cc2n(n1)CCC(NC(=O)c1nc3n(n1)C(c1ccccc1)CC3)C(=O)N2C. The van der Waals surface area contributed by atoms with Gasteiger partial charge in [0.1, 0.15) is 17.7 Å². The van der Waals surface area contributed by atoms with Gasteiger partial charge in [-0.15, -0.1) is 5.10 Å². The van der Waals surface area contributed by atoms with Crippen molar-refractivity contribution in [2.24, 2.45) is 0 Å². The maximum atomic E-state index is 12.9. The van der Waals surface area contributed by atoms with Gasteiger partial charge in [-0.2, -0.15) is 5.10 Å². The number of hydrogen-bond acceptors (Lipinski definition) is 5. The predicted molar refractivity (Wildman–Crippen MR) is 109 cm³/mol. The molecule has 154 valence electrons. The Morgan fingerprint density at radius 2 is 1.97 bits per heavy atom. The molecule has 0 spiro atoms. The molecule has 2 unspecified atom stereocenters. The van der Waals surface area contributed by atoms with Gasteiger partial charge in [-0.1, -0.05) is 30.3 Å². The molecular formula is C21H23N7O2. The van der Waals surface area contributed by atoms with Crippen molar-refractivity contribution in [3.05, 3.63) is 59.3 Å². The Balaban J connectivity index is 1.33. The number of carbonyl (C=O) groups excluding carboxylic acids is 2. The molecule has 0 saturated carbocycles. The minimum atomic E-state index is -0.646. The van der Waals surface area contributed by atoms with Crippen LogP contribution in [-0.4, -0.2) is 49.4 Å². The summed E-state index contributed by atoms with van der Waals surface area (Å²) < 4.78 is 3.64. The Hall–Kier alpha value is -3.49. The Morgan fingerprint density at radius 1 is 1.17 bits per heavy atom. The van der Waals surface area contributed by atoms with Gasteiger partial charge in [-0.3, -0.25) is 14.5 Å². The number of amides is 2. The maximum absolute atomic E-state index is 12.9. The predicted octanol–water partition coefficient (Wildman–Crippen LogP) is 1.48. The minimum Gasteiger partial charge on any atom is -0.337 e. The smallest absolute Gasteiger partial charge is 0.291 e. The van der Waals surface area contributed by atoms with Crippen LogP contribution in [0.1, 0.15) is 46.6 Å². The van der Waals surface area contributed by atoms with Crippen molar-refractivity contribution in [2.45, 2.75) is 44.8 Å². The van der Waals surface area contributed by atoms with Crippen LogP contribution in [0.15, 0.2) is 36.4 Å². The van der Waals surface area contributed by atoms with Gasteiger partial charge in [-0.25, -0.2) is 14.3 Å². The summed E-state index contributed by atoms with van der Waals surface area (Å²) in [6.45, 7) is 2.44. The van der Waals surface area contributed by atoms with Gasteiger partial charge in [0.15, 0.2) is 0 Å². The highest BCUT2D eigenvalue weighted by Crippen LogP contribution is 2.30. The lowest BCUT2D eigenvalue weighted by Crippen LogP contribution is -2.47. The molecule has 1 aromatic carbocycles. The van der Waals surface area contributed by atoms with Crippen molar-refractivity contribution in [2.75, 3.05) is 11.9 Å². The van der Waals surface area contributed by atoms with E-state index in [0.29, 0.717) is 13.0 Å². The zero-order chi connectivity index (χ0) is 20.8. The quantitative estimate of drug-likeness (QED) is 0.712. The van der Waals surface area contributed by atoms with Crippen LogP contribution in [0, 0.1) is 6.92 Å². The van der Waals surface area contributed by atoms with Crippen molar-refractivity contribution in [3.8, 4) is 0 Å². The summed E-state index contributed by atoms with van der Waals surface area (Å²) in [4.78, 5) is 31.7. The Morgan fingerprint density at radius 3 is 2.77 bits per heavy atom. The summed E-state index contributed by atoms with van der Waals surface area (Å²) in [5.41, 5.74) is 2.01. The normalized spacial score (nSPS) is 20.6. The molecule has 0 radical (unpaired) electrons. The second-order valence-electron chi connectivity index (χ2n) is 7.84. The highest BCUT2D eigenvalue weighted by molar-refractivity contribution is 6.00. The molecule has 2 amide bonds. The summed E-state index contributed by atoms with van der Waals surface area (Å²) in [6.07, 6.45) is 2.15. The zero-order valence-corrected chi connectivity index (χ0v) is 16.9. The number of nitrogens with one attached hydrogen (secondary N) is 1.